The third-order valence-corrected chi connectivity index (χ3v) is 6.30. The van der Waals surface area contributed by atoms with E-state index >= 15 is 0 Å². The van der Waals surface area contributed by atoms with Crippen LogP contribution >= 0.6 is 11.3 Å². The van der Waals surface area contributed by atoms with Crippen LogP contribution in [0, 0.1) is 0 Å². The van der Waals surface area contributed by atoms with E-state index in [-0.39, 0.29) is 17.5 Å². The normalized spacial score (nSPS) is 22.1. The van der Waals surface area contributed by atoms with Gasteiger partial charge in [-0.15, -0.1) is 11.3 Å². The monoisotopic (exact) mass is 275 g/mol. The molecule has 0 bridgehead atoms. The molecule has 0 spiro atoms. The van der Waals surface area contributed by atoms with Gasteiger partial charge in [-0.1, -0.05) is 6.92 Å². The maximum absolute atomic E-state index is 12.5. The number of hydrogen-bond acceptors (Lipinski definition) is 4. The Labute approximate surface area is 106 Å². The fraction of sp³-hybridized carbons (Fsp3) is 0.636. The van der Waals surface area contributed by atoms with Crippen molar-refractivity contribution in [1.29, 1.82) is 0 Å². The molecule has 1 aliphatic rings. The van der Waals surface area contributed by atoms with E-state index in [2.05, 4.69) is 0 Å². The van der Waals surface area contributed by atoms with Crippen molar-refractivity contribution in [3.8, 4) is 0 Å². The summed E-state index contributed by atoms with van der Waals surface area (Å²) in [6.07, 6.45) is 2.71. The summed E-state index contributed by atoms with van der Waals surface area (Å²) in [5.41, 5.74) is 0. The van der Waals surface area contributed by atoms with E-state index in [1.807, 2.05) is 6.92 Å². The third kappa shape index (κ3) is 2.27. The Hall–Kier alpha value is -0.430. The Bertz CT molecular complexity index is 481. The molecule has 1 aromatic heterocycles. The van der Waals surface area contributed by atoms with Crippen LogP contribution in [0.15, 0.2) is 16.3 Å². The first-order chi connectivity index (χ1) is 8.11. The van der Waals surface area contributed by atoms with Crippen LogP contribution in [0.2, 0.25) is 0 Å². The number of hydrogen-bond donors (Lipinski definition) is 1. The number of aliphatic hydroxyl groups excluding tert-OH is 1. The molecule has 6 heteroatoms. The molecule has 96 valence electrons. The Kier molecular flexibility index (Phi) is 3.87. The van der Waals surface area contributed by atoms with Gasteiger partial charge in [-0.2, -0.15) is 4.31 Å². The highest BCUT2D eigenvalue weighted by molar-refractivity contribution is 7.89. The number of sulfonamides is 1. The molecule has 0 amide bonds. The van der Waals surface area contributed by atoms with Crippen molar-refractivity contribution in [2.75, 3.05) is 6.54 Å². The minimum Gasteiger partial charge on any atom is -0.391 e. The highest BCUT2D eigenvalue weighted by atomic mass is 32.2. The van der Waals surface area contributed by atoms with Crippen molar-refractivity contribution in [3.05, 3.63) is 16.3 Å². The van der Waals surface area contributed by atoms with Crippen LogP contribution in [0.4, 0.5) is 0 Å². The Morgan fingerprint density at radius 3 is 3.00 bits per heavy atom. The van der Waals surface area contributed by atoms with Gasteiger partial charge in [0.2, 0.25) is 10.0 Å². The molecule has 2 rings (SSSR count). The second-order valence-corrected chi connectivity index (χ2v) is 7.05. The first-order valence-corrected chi connectivity index (χ1v) is 8.12. The van der Waals surface area contributed by atoms with Crippen LogP contribution in [0.3, 0.4) is 0 Å². The summed E-state index contributed by atoms with van der Waals surface area (Å²) >= 11 is 1.29. The van der Waals surface area contributed by atoms with Crippen LogP contribution < -0.4 is 0 Å². The van der Waals surface area contributed by atoms with Gasteiger partial charge in [-0.3, -0.25) is 0 Å². The van der Waals surface area contributed by atoms with E-state index in [4.69, 9.17) is 5.11 Å². The first kappa shape index (κ1) is 13.0. The van der Waals surface area contributed by atoms with Gasteiger partial charge in [0.05, 0.1) is 11.5 Å². The molecule has 1 unspecified atom stereocenters. The zero-order valence-electron chi connectivity index (χ0n) is 9.80. The summed E-state index contributed by atoms with van der Waals surface area (Å²) in [5.74, 6) is 0. The van der Waals surface area contributed by atoms with Crippen molar-refractivity contribution < 1.29 is 13.5 Å². The predicted molar refractivity (Wildman–Crippen MR) is 67.4 cm³/mol. The topological polar surface area (TPSA) is 57.6 Å². The lowest BCUT2D eigenvalue weighted by atomic mass is 10.2. The summed E-state index contributed by atoms with van der Waals surface area (Å²) < 4.78 is 26.5. The number of aliphatic hydroxyl groups is 1. The lowest BCUT2D eigenvalue weighted by molar-refractivity contribution is 0.282. The first-order valence-electron chi connectivity index (χ1n) is 5.80. The van der Waals surface area contributed by atoms with Crippen molar-refractivity contribution >= 4 is 21.4 Å². The molecule has 2 heterocycles. The molecule has 0 radical (unpaired) electrons. The van der Waals surface area contributed by atoms with E-state index in [1.54, 1.807) is 15.8 Å². The minimum absolute atomic E-state index is 0.117. The largest absolute Gasteiger partial charge is 0.391 e. The smallest absolute Gasteiger partial charge is 0.244 e. The molecule has 4 nitrogen and oxygen atoms in total. The van der Waals surface area contributed by atoms with Gasteiger partial charge >= 0.3 is 0 Å². The van der Waals surface area contributed by atoms with Crippen molar-refractivity contribution in [1.82, 2.24) is 4.31 Å². The molecule has 0 aromatic carbocycles. The van der Waals surface area contributed by atoms with E-state index < -0.39 is 10.0 Å². The van der Waals surface area contributed by atoms with Gasteiger partial charge in [0.25, 0.3) is 0 Å². The fourth-order valence-corrected chi connectivity index (χ4v) is 5.37. The Morgan fingerprint density at radius 1 is 1.59 bits per heavy atom. The molecular formula is C11H17NO3S2. The minimum atomic E-state index is -3.42. The molecular weight excluding hydrogens is 258 g/mol. The van der Waals surface area contributed by atoms with E-state index in [0.29, 0.717) is 11.4 Å². The lowest BCUT2D eigenvalue weighted by Crippen LogP contribution is -2.35. The fourth-order valence-electron chi connectivity index (χ4n) is 2.33. The highest BCUT2D eigenvalue weighted by Crippen LogP contribution is 2.31. The molecule has 17 heavy (non-hydrogen) atoms. The molecule has 1 fully saturated rings. The Morgan fingerprint density at radius 2 is 2.35 bits per heavy atom. The lowest BCUT2D eigenvalue weighted by Gasteiger charge is -2.22. The second-order valence-electron chi connectivity index (χ2n) is 4.19. The Balaban J connectivity index is 2.36. The molecule has 1 aromatic rings. The summed E-state index contributed by atoms with van der Waals surface area (Å²) in [4.78, 5) is 0.817. The van der Waals surface area contributed by atoms with E-state index in [0.717, 1.165) is 19.3 Å². The van der Waals surface area contributed by atoms with Crippen LogP contribution in [0.1, 0.15) is 31.1 Å². The van der Waals surface area contributed by atoms with Crippen LogP contribution in [0.25, 0.3) is 0 Å². The maximum Gasteiger partial charge on any atom is 0.244 e. The van der Waals surface area contributed by atoms with Gasteiger partial charge in [-0.05, 0) is 30.7 Å². The van der Waals surface area contributed by atoms with Crippen molar-refractivity contribution in [2.45, 2.75) is 43.7 Å². The van der Waals surface area contributed by atoms with E-state index in [9.17, 15) is 8.42 Å². The number of thiophene rings is 1. The zero-order valence-corrected chi connectivity index (χ0v) is 11.4. The number of rotatable bonds is 4. The highest BCUT2D eigenvalue weighted by Gasteiger charge is 2.35. The van der Waals surface area contributed by atoms with Crippen molar-refractivity contribution in [2.24, 2.45) is 0 Å². The maximum atomic E-state index is 12.5. The summed E-state index contributed by atoms with van der Waals surface area (Å²) in [5, 5.41) is 10.9. The van der Waals surface area contributed by atoms with Gasteiger partial charge in [0, 0.05) is 17.5 Å². The zero-order chi connectivity index (χ0) is 12.5. The van der Waals surface area contributed by atoms with Crippen LogP contribution in [-0.4, -0.2) is 30.4 Å². The summed E-state index contributed by atoms with van der Waals surface area (Å²) in [6.45, 7) is 2.40. The molecule has 1 saturated heterocycles. The molecule has 0 saturated carbocycles. The molecule has 1 N–H and O–H groups in total. The second kappa shape index (κ2) is 5.06. The van der Waals surface area contributed by atoms with Gasteiger partial charge in [0.1, 0.15) is 0 Å². The average molecular weight is 275 g/mol. The van der Waals surface area contributed by atoms with Gasteiger partial charge < -0.3 is 5.11 Å². The predicted octanol–water partition coefficient (Wildman–Crippen LogP) is 1.80. The van der Waals surface area contributed by atoms with Crippen molar-refractivity contribution in [3.63, 3.8) is 0 Å². The molecule has 1 atom stereocenters. The van der Waals surface area contributed by atoms with Gasteiger partial charge in [0.15, 0.2) is 0 Å². The average Bonchev–Trinajstić information content (AvgIpc) is 2.97. The summed E-state index contributed by atoms with van der Waals surface area (Å²) in [6, 6.07) is 1.71. The quantitative estimate of drug-likeness (QED) is 0.911. The van der Waals surface area contributed by atoms with E-state index in [1.165, 1.54) is 11.3 Å². The molecule has 1 aliphatic heterocycles. The number of nitrogens with zero attached hydrogens (tertiary/aromatic N) is 1. The van der Waals surface area contributed by atoms with Gasteiger partial charge in [-0.25, -0.2) is 8.42 Å². The third-order valence-electron chi connectivity index (χ3n) is 3.23. The SMILES string of the molecule is CCC1CCCN1S(=O)(=O)c1ccsc1CO. The standard InChI is InChI=1S/C11H17NO3S2/c1-2-9-4-3-6-12(9)17(14,15)11-5-7-16-10(11)8-13/h5,7,9,13H,2-4,6,8H2,1H3. The molecule has 0 aliphatic carbocycles. The summed E-state index contributed by atoms with van der Waals surface area (Å²) in [7, 11) is -3.42. The van der Waals surface area contributed by atoms with Crippen LogP contribution in [-0.2, 0) is 16.6 Å². The van der Waals surface area contributed by atoms with Crippen LogP contribution in [0.5, 0.6) is 0 Å².